The molecule has 1 N–H and O–H groups in total. The van der Waals surface area contributed by atoms with Crippen molar-refractivity contribution in [2.45, 2.75) is 19.6 Å². The Morgan fingerprint density at radius 3 is 1.83 bits per heavy atom. The maximum absolute atomic E-state index is 14.4. The first-order valence-corrected chi connectivity index (χ1v) is 16.7. The molecule has 0 unspecified atom stereocenters. The Hall–Kier alpha value is -4.00. The topological polar surface area (TPSA) is 30.6 Å². The van der Waals surface area contributed by atoms with Crippen molar-refractivity contribution in [3.05, 3.63) is 138 Å². The van der Waals surface area contributed by atoms with Crippen LogP contribution in [0.5, 0.6) is 5.75 Å². The molecule has 0 aliphatic carbocycles. The Morgan fingerprint density at radius 1 is 0.617 bits per heavy atom. The van der Waals surface area contributed by atoms with Crippen LogP contribution in [-0.2, 0) is 0 Å². The SMILES string of the molecule is COc1ccc(Sc2cc(F)c(F)c(F)c2F)c(-c2ccc(Sc3ccccc3C(=[OH+])c3ccccc3)cc2)c1.F[P-](F)(F)(F)(F)F. The number of halogens is 10. The first-order valence-electron chi connectivity index (χ1n) is 13.0. The van der Waals surface area contributed by atoms with Gasteiger partial charge >= 0.3 is 38.8 Å². The number of carbonyl (C=O) groups excluding carboxylic acids is 1. The molecule has 0 saturated carbocycles. The Kier molecular flexibility index (Phi) is 10.1. The molecule has 0 saturated heterocycles. The normalized spacial score (nSPS) is 12.7. The van der Waals surface area contributed by atoms with E-state index in [0.717, 1.165) is 27.1 Å². The molecular formula is C32H21F10O2PS2. The van der Waals surface area contributed by atoms with Crippen molar-refractivity contribution in [3.8, 4) is 16.9 Å². The first kappa shape index (κ1) is 35.8. The van der Waals surface area contributed by atoms with Gasteiger partial charge in [0.2, 0.25) is 0 Å². The fourth-order valence-electron chi connectivity index (χ4n) is 4.03. The van der Waals surface area contributed by atoms with Crippen molar-refractivity contribution in [2.75, 3.05) is 7.11 Å². The molecule has 0 aromatic heterocycles. The summed E-state index contributed by atoms with van der Waals surface area (Å²) in [5, 5.41) is 0. The summed E-state index contributed by atoms with van der Waals surface area (Å²) in [5.41, 5.74) is 2.81. The van der Waals surface area contributed by atoms with Gasteiger partial charge in [-0.25, -0.2) is 17.6 Å². The quantitative estimate of drug-likeness (QED) is 0.0399. The second-order valence-electron chi connectivity index (χ2n) is 9.56. The fourth-order valence-corrected chi connectivity index (χ4v) is 5.98. The summed E-state index contributed by atoms with van der Waals surface area (Å²) >= 11 is 2.27. The summed E-state index contributed by atoms with van der Waals surface area (Å²) in [7, 11) is -9.15. The summed E-state index contributed by atoms with van der Waals surface area (Å²) in [6.45, 7) is 0. The minimum atomic E-state index is -10.7. The van der Waals surface area contributed by atoms with Gasteiger partial charge in [0.1, 0.15) is 5.75 Å². The Morgan fingerprint density at radius 2 is 1.21 bits per heavy atom. The van der Waals surface area contributed by atoms with E-state index >= 15 is 0 Å². The second-order valence-corrected chi connectivity index (χ2v) is 13.7. The molecule has 248 valence electrons. The van der Waals surface area contributed by atoms with Gasteiger partial charge in [0.05, 0.1) is 23.1 Å². The Labute approximate surface area is 270 Å². The number of methoxy groups -OCH3 is 1. The summed E-state index contributed by atoms with van der Waals surface area (Å²) < 4.78 is 120. The summed E-state index contributed by atoms with van der Waals surface area (Å²) in [6, 6.07) is 30.1. The maximum atomic E-state index is 14.4. The van der Waals surface area contributed by atoms with E-state index in [9.17, 15) is 47.5 Å². The van der Waals surface area contributed by atoms with Crippen LogP contribution < -0.4 is 4.74 Å². The average Bonchev–Trinajstić information content (AvgIpc) is 3.02. The van der Waals surface area contributed by atoms with E-state index in [1.54, 1.807) is 18.2 Å². The molecule has 0 amide bonds. The van der Waals surface area contributed by atoms with Crippen LogP contribution in [0.1, 0.15) is 11.1 Å². The molecule has 0 bridgehead atoms. The average molecular weight is 723 g/mol. The number of rotatable bonds is 8. The number of benzene rings is 5. The molecule has 0 radical (unpaired) electrons. The monoisotopic (exact) mass is 722 g/mol. The van der Waals surface area contributed by atoms with Crippen molar-refractivity contribution < 1.29 is 52.3 Å². The molecule has 0 aliphatic rings. The zero-order valence-corrected chi connectivity index (χ0v) is 26.2. The summed E-state index contributed by atoms with van der Waals surface area (Å²) in [5.74, 6) is -5.90. The van der Waals surface area contributed by atoms with Gasteiger partial charge in [-0.15, -0.1) is 0 Å². The Balaban J connectivity index is 0.000000644. The van der Waals surface area contributed by atoms with Crippen molar-refractivity contribution >= 4 is 37.1 Å². The van der Waals surface area contributed by atoms with Gasteiger partial charge in [-0.05, 0) is 71.8 Å². The van der Waals surface area contributed by atoms with Crippen molar-refractivity contribution in [3.63, 3.8) is 0 Å². The number of hydrogen-bond donors (Lipinski definition) is 0. The molecule has 5 rings (SSSR count). The number of ketones is 1. The Bertz CT molecular complexity index is 1910. The standard InChI is InChI=1S/C32H20F4O2S2.F6P/c1-38-21-13-16-27(40-28-18-25(33)29(34)31(36)30(28)35)24(17-21)19-11-14-22(15-12-19)39-26-10-6-5-9-23(26)32(37)20-7-3-2-4-8-20;1-7(2,3,4,5)6/h2-18H,1H3;/q;-1/p+1. The minimum absolute atomic E-state index is 0.180. The molecule has 2 nitrogen and oxygen atoms in total. The van der Waals surface area contributed by atoms with Crippen LogP contribution in [-0.4, -0.2) is 17.7 Å². The van der Waals surface area contributed by atoms with Gasteiger partial charge in [-0.1, -0.05) is 66.0 Å². The second kappa shape index (κ2) is 13.2. The predicted molar refractivity (Wildman–Crippen MR) is 165 cm³/mol. The van der Waals surface area contributed by atoms with Crippen LogP contribution in [0.3, 0.4) is 0 Å². The zero-order valence-electron chi connectivity index (χ0n) is 23.7. The molecule has 5 aromatic carbocycles. The molecular weight excluding hydrogens is 701 g/mol. The van der Waals surface area contributed by atoms with Crippen LogP contribution in [0, 0.1) is 23.3 Å². The van der Waals surface area contributed by atoms with Gasteiger partial charge in [-0.2, -0.15) is 0 Å². The van der Waals surface area contributed by atoms with Gasteiger partial charge in [0, 0.05) is 14.7 Å². The van der Waals surface area contributed by atoms with Gasteiger partial charge in [0.25, 0.3) is 0 Å². The molecule has 15 heteroatoms. The van der Waals surface area contributed by atoms with Crippen molar-refractivity contribution in [1.29, 1.82) is 0 Å². The van der Waals surface area contributed by atoms with Crippen LogP contribution >= 0.6 is 31.3 Å². The fraction of sp³-hybridized carbons (Fsp3) is 0.0312. The molecule has 0 spiro atoms. The van der Waals surface area contributed by atoms with Gasteiger partial charge in [-0.3, -0.25) is 4.79 Å². The third kappa shape index (κ3) is 10.5. The van der Waals surface area contributed by atoms with E-state index in [-0.39, 0.29) is 10.7 Å². The molecule has 47 heavy (non-hydrogen) atoms. The molecule has 0 aliphatic heterocycles. The summed E-state index contributed by atoms with van der Waals surface area (Å²) in [4.78, 5) is 12.8. The van der Waals surface area contributed by atoms with E-state index < -0.39 is 31.1 Å². The first-order chi connectivity index (χ1) is 21.8. The van der Waals surface area contributed by atoms with Crippen molar-refractivity contribution in [2.24, 2.45) is 0 Å². The molecule has 5 aromatic rings. The number of ether oxygens (including phenoxy) is 1. The van der Waals surface area contributed by atoms with Crippen LogP contribution in [0.2, 0.25) is 0 Å². The van der Waals surface area contributed by atoms with Gasteiger partial charge in [0.15, 0.2) is 23.3 Å². The third-order valence-electron chi connectivity index (χ3n) is 6.06. The predicted octanol–water partition coefficient (Wildman–Crippen LogP) is 12.5. The van der Waals surface area contributed by atoms with E-state index in [0.29, 0.717) is 33.4 Å². The molecule has 0 heterocycles. The molecule has 0 fully saturated rings. The van der Waals surface area contributed by atoms with E-state index in [4.69, 9.17) is 4.74 Å². The summed E-state index contributed by atoms with van der Waals surface area (Å²) in [6.07, 6.45) is 0. The van der Waals surface area contributed by atoms with Crippen LogP contribution in [0.15, 0.2) is 123 Å². The molecule has 0 atom stereocenters. The van der Waals surface area contributed by atoms with Gasteiger partial charge < -0.3 is 4.74 Å². The zero-order chi connectivity index (χ0) is 34.6. The van der Waals surface area contributed by atoms with E-state index in [2.05, 4.69) is 0 Å². The third-order valence-corrected chi connectivity index (χ3v) is 8.24. The number of hydrogen-bond acceptors (Lipinski definition) is 3. The van der Waals surface area contributed by atoms with Crippen LogP contribution in [0.25, 0.3) is 11.1 Å². The van der Waals surface area contributed by atoms with Crippen LogP contribution in [0.4, 0.5) is 42.7 Å². The van der Waals surface area contributed by atoms with E-state index in [1.165, 1.54) is 18.9 Å². The van der Waals surface area contributed by atoms with Crippen molar-refractivity contribution in [1.82, 2.24) is 0 Å². The van der Waals surface area contributed by atoms with E-state index in [1.807, 2.05) is 78.9 Å².